The molecule has 4 nitrogen and oxygen atoms in total. The predicted molar refractivity (Wildman–Crippen MR) is 48.4 cm³/mol. The van der Waals surface area contributed by atoms with Crippen molar-refractivity contribution >= 4 is 11.9 Å². The average Bonchev–Trinajstić information content (AvgIpc) is 2.34. The number of esters is 2. The Morgan fingerprint density at radius 3 is 1.29 bits per heavy atom. The Kier molecular flexibility index (Phi) is 6.83. The summed E-state index contributed by atoms with van der Waals surface area (Å²) in [6, 6.07) is 0. The largest absolute Gasteiger partial charge is 0.459 e. The highest BCUT2D eigenvalue weighted by molar-refractivity contribution is 5.91. The molecule has 0 heterocycles. The van der Waals surface area contributed by atoms with E-state index in [4.69, 9.17) is 0 Å². The number of ether oxygens (including phenoxy) is 2. The fraction of sp³-hybridized carbons (Fsp3) is 0.778. The van der Waals surface area contributed by atoms with Gasteiger partial charge in [-0.3, -0.25) is 9.59 Å². The van der Waals surface area contributed by atoms with E-state index in [9.17, 15) is 44.7 Å². The van der Waals surface area contributed by atoms with Crippen LogP contribution in [-0.4, -0.2) is 49.8 Å². The number of carbonyl (C=O) groups is 2. The zero-order chi connectivity index (χ0) is 16.8. The van der Waals surface area contributed by atoms with E-state index in [1.165, 1.54) is 0 Å². The maximum atomic E-state index is 12.3. The molecule has 21 heavy (non-hydrogen) atoms. The SMILES string of the molecule is O=C(CC(=O)OCC(F)(F)C(F)F)OCC(F)(F)C(F)F. The highest BCUT2D eigenvalue weighted by Gasteiger charge is 2.43. The van der Waals surface area contributed by atoms with Gasteiger partial charge in [0.25, 0.3) is 0 Å². The van der Waals surface area contributed by atoms with E-state index >= 15 is 0 Å². The van der Waals surface area contributed by atoms with Crippen molar-refractivity contribution in [3.63, 3.8) is 0 Å². The molecule has 12 heteroatoms. The van der Waals surface area contributed by atoms with Gasteiger partial charge in [-0.1, -0.05) is 0 Å². The number of hydrogen-bond acceptors (Lipinski definition) is 4. The average molecular weight is 332 g/mol. The second-order valence-corrected chi connectivity index (χ2v) is 3.62. The van der Waals surface area contributed by atoms with Crippen molar-refractivity contribution in [2.24, 2.45) is 0 Å². The van der Waals surface area contributed by atoms with E-state index in [0.717, 1.165) is 0 Å². The third-order valence-corrected chi connectivity index (χ3v) is 1.78. The van der Waals surface area contributed by atoms with Gasteiger partial charge in [-0.05, 0) is 0 Å². The normalized spacial score (nSPS) is 12.7. The van der Waals surface area contributed by atoms with Gasteiger partial charge in [0.2, 0.25) is 0 Å². The van der Waals surface area contributed by atoms with E-state index < -0.39 is 56.3 Å². The van der Waals surface area contributed by atoms with Crippen molar-refractivity contribution in [2.45, 2.75) is 31.1 Å². The zero-order valence-corrected chi connectivity index (χ0v) is 9.93. The monoisotopic (exact) mass is 332 g/mol. The standard InChI is InChI=1S/C9H8F8O4/c10-6(11)8(14,15)2-20-4(18)1-5(19)21-3-9(16,17)7(12)13/h6-7H,1-3H2. The molecular formula is C9H8F8O4. The summed E-state index contributed by atoms with van der Waals surface area (Å²) in [5.74, 6) is -12.8. The van der Waals surface area contributed by atoms with E-state index in [2.05, 4.69) is 9.47 Å². The van der Waals surface area contributed by atoms with Crippen LogP contribution in [-0.2, 0) is 19.1 Å². The lowest BCUT2D eigenvalue weighted by Gasteiger charge is -2.16. The van der Waals surface area contributed by atoms with Crippen molar-refractivity contribution in [1.82, 2.24) is 0 Å². The summed E-state index contributed by atoms with van der Waals surface area (Å²) in [5.41, 5.74) is 0. The molecule has 0 unspecified atom stereocenters. The van der Waals surface area contributed by atoms with E-state index in [0.29, 0.717) is 0 Å². The number of rotatable bonds is 8. The third-order valence-electron chi connectivity index (χ3n) is 1.78. The van der Waals surface area contributed by atoms with Crippen LogP contribution in [0.1, 0.15) is 6.42 Å². The first kappa shape index (κ1) is 19.4. The van der Waals surface area contributed by atoms with Gasteiger partial charge in [0, 0.05) is 0 Å². The zero-order valence-electron chi connectivity index (χ0n) is 9.93. The Morgan fingerprint density at radius 2 is 1.05 bits per heavy atom. The summed E-state index contributed by atoms with van der Waals surface area (Å²) >= 11 is 0. The van der Waals surface area contributed by atoms with Gasteiger partial charge >= 0.3 is 36.6 Å². The van der Waals surface area contributed by atoms with Crippen molar-refractivity contribution in [2.75, 3.05) is 13.2 Å². The van der Waals surface area contributed by atoms with Crippen molar-refractivity contribution in [3.05, 3.63) is 0 Å². The summed E-state index contributed by atoms with van der Waals surface area (Å²) in [6.07, 6.45) is -9.72. The molecule has 0 aliphatic heterocycles. The smallest absolute Gasteiger partial charge is 0.340 e. The maximum absolute atomic E-state index is 12.3. The fourth-order valence-electron chi connectivity index (χ4n) is 0.699. The van der Waals surface area contributed by atoms with Gasteiger partial charge in [0.15, 0.2) is 13.2 Å². The minimum Gasteiger partial charge on any atom is -0.459 e. The molecule has 0 rings (SSSR count). The Bertz CT molecular complexity index is 337. The van der Waals surface area contributed by atoms with Crippen LogP contribution < -0.4 is 0 Å². The third kappa shape index (κ3) is 7.09. The van der Waals surface area contributed by atoms with Crippen LogP contribution in [0.3, 0.4) is 0 Å². The van der Waals surface area contributed by atoms with Crippen molar-refractivity contribution in [1.29, 1.82) is 0 Å². The van der Waals surface area contributed by atoms with Gasteiger partial charge in [-0.15, -0.1) is 0 Å². The van der Waals surface area contributed by atoms with Crippen LogP contribution in [0.15, 0.2) is 0 Å². The van der Waals surface area contributed by atoms with Gasteiger partial charge in [-0.25, -0.2) is 17.6 Å². The summed E-state index contributed by atoms with van der Waals surface area (Å²) in [5, 5.41) is 0. The first-order valence-corrected chi connectivity index (χ1v) is 5.01. The molecule has 0 bridgehead atoms. The maximum Gasteiger partial charge on any atom is 0.340 e. The second kappa shape index (κ2) is 7.41. The van der Waals surface area contributed by atoms with Crippen LogP contribution in [0.5, 0.6) is 0 Å². The molecule has 0 saturated heterocycles. The van der Waals surface area contributed by atoms with Crippen LogP contribution in [0, 0.1) is 0 Å². The Labute approximate surface area is 112 Å². The first-order chi connectivity index (χ1) is 9.38. The number of halogens is 8. The van der Waals surface area contributed by atoms with Gasteiger partial charge in [0.1, 0.15) is 6.42 Å². The molecule has 0 spiro atoms. The second-order valence-electron chi connectivity index (χ2n) is 3.62. The Balaban J connectivity index is 4.15. The molecule has 0 aromatic carbocycles. The van der Waals surface area contributed by atoms with Gasteiger partial charge in [-0.2, -0.15) is 17.6 Å². The summed E-state index contributed by atoms with van der Waals surface area (Å²) < 4.78 is 103. The van der Waals surface area contributed by atoms with Gasteiger partial charge in [0.05, 0.1) is 0 Å². The van der Waals surface area contributed by atoms with Crippen molar-refractivity contribution in [3.8, 4) is 0 Å². The van der Waals surface area contributed by atoms with Crippen LogP contribution in [0.4, 0.5) is 35.1 Å². The molecule has 0 saturated carbocycles. The topological polar surface area (TPSA) is 52.6 Å². The quantitative estimate of drug-likeness (QED) is 0.389. The summed E-state index contributed by atoms with van der Waals surface area (Å²) in [7, 11) is 0. The summed E-state index contributed by atoms with van der Waals surface area (Å²) in [4.78, 5) is 21.5. The Hall–Kier alpha value is -1.62. The van der Waals surface area contributed by atoms with E-state index in [1.54, 1.807) is 0 Å². The molecule has 0 aromatic rings. The number of alkyl halides is 8. The lowest BCUT2D eigenvalue weighted by Crippen LogP contribution is -2.35. The minimum atomic E-state index is -4.65. The van der Waals surface area contributed by atoms with Gasteiger partial charge < -0.3 is 9.47 Å². The number of hydrogen-bond donors (Lipinski definition) is 0. The molecule has 0 fully saturated rings. The highest BCUT2D eigenvalue weighted by atomic mass is 19.3. The molecule has 0 aromatic heterocycles. The molecular weight excluding hydrogens is 324 g/mol. The molecule has 0 aliphatic rings. The molecule has 0 radical (unpaired) electrons. The molecule has 124 valence electrons. The van der Waals surface area contributed by atoms with Crippen LogP contribution in [0.25, 0.3) is 0 Å². The van der Waals surface area contributed by atoms with E-state index in [-0.39, 0.29) is 0 Å². The number of carbonyl (C=O) groups excluding carboxylic acids is 2. The molecule has 0 N–H and O–H groups in total. The lowest BCUT2D eigenvalue weighted by atomic mass is 10.3. The Morgan fingerprint density at radius 1 is 0.762 bits per heavy atom. The van der Waals surface area contributed by atoms with Crippen LogP contribution >= 0.6 is 0 Å². The minimum absolute atomic E-state index is 1.47. The molecule has 0 aliphatic carbocycles. The molecule has 0 amide bonds. The fourth-order valence-corrected chi connectivity index (χ4v) is 0.699. The first-order valence-electron chi connectivity index (χ1n) is 5.01. The summed E-state index contributed by atoms with van der Waals surface area (Å²) in [6.45, 7) is -4.08. The van der Waals surface area contributed by atoms with E-state index in [1.807, 2.05) is 0 Å². The van der Waals surface area contributed by atoms with Crippen LogP contribution in [0.2, 0.25) is 0 Å². The highest BCUT2D eigenvalue weighted by Crippen LogP contribution is 2.24. The van der Waals surface area contributed by atoms with Crippen molar-refractivity contribution < 1.29 is 54.2 Å². The lowest BCUT2D eigenvalue weighted by molar-refractivity contribution is -0.187. The molecule has 0 atom stereocenters. The predicted octanol–water partition coefficient (Wildman–Crippen LogP) is 2.26.